The van der Waals surface area contributed by atoms with Gasteiger partial charge in [0.05, 0.1) is 18.5 Å². The van der Waals surface area contributed by atoms with Crippen molar-refractivity contribution in [1.29, 1.82) is 0 Å². The predicted octanol–water partition coefficient (Wildman–Crippen LogP) is 2.16. The van der Waals surface area contributed by atoms with Gasteiger partial charge in [0.25, 0.3) is 5.78 Å². The summed E-state index contributed by atoms with van der Waals surface area (Å²) in [4.78, 5) is 11.0. The molecule has 8 heteroatoms. The first kappa shape index (κ1) is 14.2. The summed E-state index contributed by atoms with van der Waals surface area (Å²) >= 11 is 0. The molecular formula is C12H10F3N3O2. The van der Waals surface area contributed by atoms with Gasteiger partial charge in [0, 0.05) is 7.11 Å². The monoisotopic (exact) mass is 285 g/mol. The van der Waals surface area contributed by atoms with Gasteiger partial charge >= 0.3 is 6.18 Å². The first-order chi connectivity index (χ1) is 9.41. The minimum absolute atomic E-state index is 0.358. The van der Waals surface area contributed by atoms with Crippen molar-refractivity contribution >= 4 is 5.78 Å². The molecule has 0 fully saturated rings. The zero-order chi connectivity index (χ0) is 14.8. The van der Waals surface area contributed by atoms with E-state index in [9.17, 15) is 18.0 Å². The number of benzene rings is 1. The summed E-state index contributed by atoms with van der Waals surface area (Å²) in [5.41, 5.74) is 0.576. The highest BCUT2D eigenvalue weighted by atomic mass is 19.4. The molecule has 0 atom stereocenters. The van der Waals surface area contributed by atoms with Gasteiger partial charge in [-0.25, -0.2) is 4.68 Å². The quantitative estimate of drug-likeness (QED) is 0.808. The maximum atomic E-state index is 12.3. The van der Waals surface area contributed by atoms with E-state index in [1.165, 1.54) is 7.11 Å². The first-order valence-electron chi connectivity index (χ1n) is 5.54. The van der Waals surface area contributed by atoms with Crippen LogP contribution in [0.5, 0.6) is 0 Å². The van der Waals surface area contributed by atoms with Gasteiger partial charge in [-0.2, -0.15) is 13.2 Å². The number of nitrogens with zero attached hydrogens (tertiary/aromatic N) is 3. The molecule has 1 aromatic heterocycles. The number of ketones is 1. The third kappa shape index (κ3) is 3.02. The van der Waals surface area contributed by atoms with E-state index in [2.05, 4.69) is 10.3 Å². The Balaban J connectivity index is 2.29. The molecule has 0 aliphatic rings. The molecule has 2 aromatic rings. The Morgan fingerprint density at radius 1 is 1.40 bits per heavy atom. The summed E-state index contributed by atoms with van der Waals surface area (Å²) in [5.74, 6) is -2.02. The molecule has 2 rings (SSSR count). The molecule has 20 heavy (non-hydrogen) atoms. The van der Waals surface area contributed by atoms with E-state index in [0.717, 1.165) is 16.4 Å². The van der Waals surface area contributed by atoms with Crippen molar-refractivity contribution in [3.63, 3.8) is 0 Å². The highest BCUT2D eigenvalue weighted by Gasteiger charge is 2.41. The second kappa shape index (κ2) is 5.41. The lowest BCUT2D eigenvalue weighted by atomic mass is 10.2. The van der Waals surface area contributed by atoms with Gasteiger partial charge in [0.2, 0.25) is 0 Å². The lowest BCUT2D eigenvalue weighted by Crippen LogP contribution is -2.23. The first-order valence-corrected chi connectivity index (χ1v) is 5.54. The molecule has 0 aliphatic carbocycles. The van der Waals surface area contributed by atoms with E-state index in [0.29, 0.717) is 12.3 Å². The fraction of sp³-hybridized carbons (Fsp3) is 0.250. The number of ether oxygens (including phenoxy) is 1. The van der Waals surface area contributed by atoms with Crippen LogP contribution in [0.1, 0.15) is 16.1 Å². The van der Waals surface area contributed by atoms with E-state index in [1.54, 1.807) is 24.3 Å². The van der Waals surface area contributed by atoms with Crippen LogP contribution in [-0.2, 0) is 11.3 Å². The molecule has 106 valence electrons. The Labute approximate surface area is 112 Å². The molecule has 0 amide bonds. The number of alkyl halides is 3. The van der Waals surface area contributed by atoms with Gasteiger partial charge in [-0.15, -0.1) is 5.10 Å². The van der Waals surface area contributed by atoms with E-state index >= 15 is 0 Å². The Kier molecular flexibility index (Phi) is 3.84. The summed E-state index contributed by atoms with van der Waals surface area (Å²) < 4.78 is 42.9. The van der Waals surface area contributed by atoms with E-state index in [4.69, 9.17) is 4.74 Å². The number of hydrogen-bond donors (Lipinski definition) is 0. The van der Waals surface area contributed by atoms with Gasteiger partial charge < -0.3 is 4.74 Å². The molecule has 0 spiro atoms. The molecule has 1 aromatic carbocycles. The second-order valence-electron chi connectivity index (χ2n) is 3.98. The highest BCUT2D eigenvalue weighted by molar-refractivity contribution is 5.98. The zero-order valence-corrected chi connectivity index (χ0v) is 10.4. The largest absolute Gasteiger partial charge is 0.456 e. The smallest absolute Gasteiger partial charge is 0.380 e. The number of rotatable bonds is 4. The Morgan fingerprint density at radius 3 is 2.80 bits per heavy atom. The molecule has 0 unspecified atom stereocenters. The molecule has 5 nitrogen and oxygen atoms in total. The van der Waals surface area contributed by atoms with Crippen LogP contribution in [0.3, 0.4) is 0 Å². The lowest BCUT2D eigenvalue weighted by Gasteiger charge is -2.03. The van der Waals surface area contributed by atoms with Crippen LogP contribution in [0.4, 0.5) is 13.2 Å². The molecular weight excluding hydrogens is 275 g/mol. The topological polar surface area (TPSA) is 57.0 Å². The van der Waals surface area contributed by atoms with Crippen LogP contribution in [-0.4, -0.2) is 34.1 Å². The maximum absolute atomic E-state index is 12.3. The van der Waals surface area contributed by atoms with E-state index < -0.39 is 17.7 Å². The number of carbonyl (C=O) groups excluding carboxylic acids is 1. The van der Waals surface area contributed by atoms with Crippen molar-refractivity contribution in [1.82, 2.24) is 15.0 Å². The molecule has 0 saturated heterocycles. The molecule has 0 N–H and O–H groups in total. The minimum Gasteiger partial charge on any atom is -0.380 e. The number of hydrogen-bond acceptors (Lipinski definition) is 4. The maximum Gasteiger partial charge on any atom is 0.456 e. The molecule has 1 heterocycles. The van der Waals surface area contributed by atoms with Gasteiger partial charge in [-0.3, -0.25) is 4.79 Å². The lowest BCUT2D eigenvalue weighted by molar-refractivity contribution is -0.0888. The number of Topliss-reactive ketones (excluding diaryl/α,β-unsaturated/α-hetero) is 1. The second-order valence-corrected chi connectivity index (χ2v) is 3.98. The van der Waals surface area contributed by atoms with Crippen molar-refractivity contribution in [3.8, 4) is 5.69 Å². The summed E-state index contributed by atoms with van der Waals surface area (Å²) in [6.45, 7) is 0.358. The standard InChI is InChI=1S/C12H10F3N3O2/c1-20-7-8-3-2-4-9(5-8)18-6-10(16-17-18)11(19)12(13,14)15/h2-6H,7H2,1H3. The normalized spacial score (nSPS) is 11.6. The number of aromatic nitrogens is 3. The van der Waals surface area contributed by atoms with Gasteiger partial charge in [0.1, 0.15) is 0 Å². The van der Waals surface area contributed by atoms with Crippen LogP contribution >= 0.6 is 0 Å². The highest BCUT2D eigenvalue weighted by Crippen LogP contribution is 2.20. The van der Waals surface area contributed by atoms with Crippen LogP contribution in [0.15, 0.2) is 30.5 Å². The third-order valence-electron chi connectivity index (χ3n) is 2.47. The number of halogens is 3. The number of methoxy groups -OCH3 is 1. The van der Waals surface area contributed by atoms with Crippen molar-refractivity contribution < 1.29 is 22.7 Å². The third-order valence-corrected chi connectivity index (χ3v) is 2.47. The summed E-state index contributed by atoms with van der Waals surface area (Å²) in [5, 5.41) is 6.77. The zero-order valence-electron chi connectivity index (χ0n) is 10.4. The van der Waals surface area contributed by atoms with Crippen molar-refractivity contribution in [2.75, 3.05) is 7.11 Å². The van der Waals surface area contributed by atoms with Crippen molar-refractivity contribution in [2.24, 2.45) is 0 Å². The van der Waals surface area contributed by atoms with Gasteiger partial charge in [-0.1, -0.05) is 17.3 Å². The minimum atomic E-state index is -4.96. The van der Waals surface area contributed by atoms with Gasteiger partial charge in [0.15, 0.2) is 5.69 Å². The fourth-order valence-corrected chi connectivity index (χ4v) is 1.59. The number of carbonyl (C=O) groups is 1. The van der Waals surface area contributed by atoms with Gasteiger partial charge in [-0.05, 0) is 17.7 Å². The molecule has 0 radical (unpaired) electrons. The fourth-order valence-electron chi connectivity index (χ4n) is 1.59. The Hall–Kier alpha value is -2.22. The molecule has 0 saturated carbocycles. The molecule has 0 bridgehead atoms. The average molecular weight is 285 g/mol. The summed E-state index contributed by atoms with van der Waals surface area (Å²) in [7, 11) is 1.53. The van der Waals surface area contributed by atoms with E-state index in [1.807, 2.05) is 0 Å². The summed E-state index contributed by atoms with van der Waals surface area (Å²) in [6.07, 6.45) is -4.01. The predicted molar refractivity (Wildman–Crippen MR) is 62.5 cm³/mol. The average Bonchev–Trinajstić information content (AvgIpc) is 2.87. The van der Waals surface area contributed by atoms with Crippen LogP contribution in [0.25, 0.3) is 5.69 Å². The van der Waals surface area contributed by atoms with Crippen molar-refractivity contribution in [2.45, 2.75) is 12.8 Å². The molecule has 0 aliphatic heterocycles. The Morgan fingerprint density at radius 2 is 2.15 bits per heavy atom. The summed E-state index contributed by atoms with van der Waals surface area (Å²) in [6, 6.07) is 6.82. The Bertz CT molecular complexity index is 622. The SMILES string of the molecule is COCc1cccc(-n2cc(C(=O)C(F)(F)F)nn2)c1. The van der Waals surface area contributed by atoms with Crippen LogP contribution in [0, 0.1) is 0 Å². The van der Waals surface area contributed by atoms with Crippen LogP contribution in [0.2, 0.25) is 0 Å². The van der Waals surface area contributed by atoms with Crippen LogP contribution < -0.4 is 0 Å². The van der Waals surface area contributed by atoms with E-state index in [-0.39, 0.29) is 0 Å². The van der Waals surface area contributed by atoms with Crippen molar-refractivity contribution in [3.05, 3.63) is 41.7 Å².